The molecule has 0 saturated carbocycles. The third-order valence-corrected chi connectivity index (χ3v) is 4.68. The monoisotopic (exact) mass is 364 g/mol. The smallest absolute Gasteiger partial charge is 0.251 e. The van der Waals surface area contributed by atoms with E-state index in [9.17, 15) is 4.79 Å². The number of carbonyl (C=O) groups is 1. The number of anilines is 1. The second kappa shape index (κ2) is 9.26. The molecule has 1 N–H and O–H groups in total. The summed E-state index contributed by atoms with van der Waals surface area (Å²) >= 11 is 0. The molecule has 1 heterocycles. The number of ether oxygens (including phenoxy) is 1. The molecule has 4 heteroatoms. The first-order chi connectivity index (χ1) is 13.1. The average molecular weight is 364 g/mol. The Labute approximate surface area is 161 Å². The number of aryl methyl sites for hydroxylation is 1. The fourth-order valence-electron chi connectivity index (χ4n) is 3.35. The summed E-state index contributed by atoms with van der Waals surface area (Å²) in [7, 11) is 0. The van der Waals surface area contributed by atoms with Gasteiger partial charge in [-0.25, -0.2) is 0 Å². The van der Waals surface area contributed by atoms with Crippen molar-refractivity contribution >= 4 is 11.6 Å². The van der Waals surface area contributed by atoms with E-state index in [0.29, 0.717) is 24.5 Å². The quantitative estimate of drug-likeness (QED) is 0.563. The molecule has 27 heavy (non-hydrogen) atoms. The van der Waals surface area contributed by atoms with Gasteiger partial charge in [0.05, 0.1) is 0 Å². The Balaban J connectivity index is 1.46. The topological polar surface area (TPSA) is 41.6 Å². The van der Waals surface area contributed by atoms with E-state index in [-0.39, 0.29) is 5.91 Å². The third-order valence-electron chi connectivity index (χ3n) is 4.68. The lowest BCUT2D eigenvalue weighted by Gasteiger charge is -2.31. The van der Waals surface area contributed by atoms with E-state index in [1.54, 1.807) is 6.07 Å². The summed E-state index contributed by atoms with van der Waals surface area (Å²) in [5.74, 6) is 0.630. The van der Waals surface area contributed by atoms with E-state index >= 15 is 0 Å². The Morgan fingerprint density at radius 2 is 2.07 bits per heavy atom. The first-order valence-corrected chi connectivity index (χ1v) is 9.62. The number of nitrogens with one attached hydrogen (secondary N) is 1. The van der Waals surface area contributed by atoms with Crippen LogP contribution in [0.2, 0.25) is 0 Å². The molecule has 1 amide bonds. The van der Waals surface area contributed by atoms with Gasteiger partial charge in [-0.1, -0.05) is 30.8 Å². The van der Waals surface area contributed by atoms with Crippen LogP contribution < -0.4 is 15.0 Å². The molecule has 0 atom stereocenters. The number of rotatable bonds is 8. The molecule has 0 unspecified atom stereocenters. The molecular formula is C23H28N2O2. The van der Waals surface area contributed by atoms with E-state index in [0.717, 1.165) is 31.5 Å². The van der Waals surface area contributed by atoms with Crippen molar-refractivity contribution in [3.63, 3.8) is 0 Å². The van der Waals surface area contributed by atoms with E-state index in [2.05, 4.69) is 41.1 Å². The molecule has 0 saturated heterocycles. The number of hydrogen-bond donors (Lipinski definition) is 1. The highest BCUT2D eigenvalue weighted by Gasteiger charge is 2.15. The lowest BCUT2D eigenvalue weighted by molar-refractivity contribution is 0.0953. The largest absolute Gasteiger partial charge is 0.489 e. The van der Waals surface area contributed by atoms with E-state index in [1.807, 2.05) is 25.1 Å². The van der Waals surface area contributed by atoms with Gasteiger partial charge in [-0.2, -0.15) is 0 Å². The average Bonchev–Trinajstić information content (AvgIpc) is 2.70. The second-order valence-electron chi connectivity index (χ2n) is 7.10. The van der Waals surface area contributed by atoms with Gasteiger partial charge in [0.15, 0.2) is 0 Å². The number of benzene rings is 2. The zero-order valence-corrected chi connectivity index (χ0v) is 16.0. The minimum atomic E-state index is -0.0604. The van der Waals surface area contributed by atoms with Gasteiger partial charge in [-0.15, -0.1) is 0 Å². The lowest BCUT2D eigenvalue weighted by atomic mass is 10.0. The van der Waals surface area contributed by atoms with Crippen LogP contribution in [-0.2, 0) is 6.42 Å². The zero-order chi connectivity index (χ0) is 19.1. The molecule has 142 valence electrons. The fraction of sp³-hybridized carbons (Fsp3) is 0.348. The summed E-state index contributed by atoms with van der Waals surface area (Å²) in [4.78, 5) is 14.8. The molecule has 2 aromatic carbocycles. The Hall–Kier alpha value is -2.75. The maximum atomic E-state index is 12.4. The highest BCUT2D eigenvalue weighted by molar-refractivity contribution is 5.94. The fourth-order valence-corrected chi connectivity index (χ4v) is 3.35. The minimum absolute atomic E-state index is 0.0604. The van der Waals surface area contributed by atoms with Gasteiger partial charge in [-0.05, 0) is 61.6 Å². The van der Waals surface area contributed by atoms with E-state index < -0.39 is 0 Å². The van der Waals surface area contributed by atoms with Crippen molar-refractivity contribution < 1.29 is 9.53 Å². The third kappa shape index (κ3) is 5.36. The highest BCUT2D eigenvalue weighted by Crippen LogP contribution is 2.26. The van der Waals surface area contributed by atoms with Crippen LogP contribution in [0.15, 0.2) is 60.7 Å². The van der Waals surface area contributed by atoms with Gasteiger partial charge >= 0.3 is 0 Å². The Bertz CT molecular complexity index is 800. The van der Waals surface area contributed by atoms with Gasteiger partial charge < -0.3 is 15.0 Å². The van der Waals surface area contributed by atoms with Gasteiger partial charge in [-0.3, -0.25) is 4.79 Å². The molecular weight excluding hydrogens is 336 g/mol. The van der Waals surface area contributed by atoms with Crippen molar-refractivity contribution in [1.29, 1.82) is 0 Å². The molecule has 0 fully saturated rings. The molecule has 0 radical (unpaired) electrons. The second-order valence-corrected chi connectivity index (χ2v) is 7.10. The molecule has 4 nitrogen and oxygen atoms in total. The van der Waals surface area contributed by atoms with Crippen LogP contribution in [0.4, 0.5) is 5.69 Å². The Morgan fingerprint density at radius 3 is 2.93 bits per heavy atom. The van der Waals surface area contributed by atoms with Gasteiger partial charge in [0.2, 0.25) is 0 Å². The predicted octanol–water partition coefficient (Wildman–Crippen LogP) is 4.21. The first-order valence-electron chi connectivity index (χ1n) is 9.62. The predicted molar refractivity (Wildman–Crippen MR) is 111 cm³/mol. The normalized spacial score (nSPS) is 13.0. The maximum Gasteiger partial charge on any atom is 0.251 e. The van der Waals surface area contributed by atoms with Crippen molar-refractivity contribution in [3.05, 3.63) is 71.8 Å². The molecule has 1 aliphatic heterocycles. The molecule has 0 bridgehead atoms. The standard InChI is InChI=1S/C23H28N2O2/c1-18(2)17-27-21-11-5-9-20(16-21)23(26)24-13-7-15-25-14-6-10-19-8-3-4-12-22(19)25/h3-5,8-9,11-12,16H,1,6-7,10,13-15,17H2,2H3,(H,24,26). The summed E-state index contributed by atoms with van der Waals surface area (Å²) in [5, 5.41) is 3.02. The van der Waals surface area contributed by atoms with Crippen LogP contribution >= 0.6 is 0 Å². The molecule has 0 aromatic heterocycles. The maximum absolute atomic E-state index is 12.4. The van der Waals surface area contributed by atoms with Gasteiger partial charge in [0.1, 0.15) is 12.4 Å². The number of nitrogens with zero attached hydrogens (tertiary/aromatic N) is 1. The number of para-hydroxylation sites is 1. The molecule has 0 aliphatic carbocycles. The zero-order valence-electron chi connectivity index (χ0n) is 16.0. The highest BCUT2D eigenvalue weighted by atomic mass is 16.5. The van der Waals surface area contributed by atoms with Crippen LogP contribution in [0.25, 0.3) is 0 Å². The first kappa shape index (κ1) is 19.0. The molecule has 2 aromatic rings. The van der Waals surface area contributed by atoms with Gasteiger partial charge in [0.25, 0.3) is 5.91 Å². The van der Waals surface area contributed by atoms with Crippen LogP contribution in [0, 0.1) is 0 Å². The van der Waals surface area contributed by atoms with Crippen molar-refractivity contribution in [2.75, 3.05) is 31.1 Å². The van der Waals surface area contributed by atoms with Crippen molar-refractivity contribution in [1.82, 2.24) is 5.32 Å². The molecule has 0 spiro atoms. The minimum Gasteiger partial charge on any atom is -0.489 e. The van der Waals surface area contributed by atoms with Crippen molar-refractivity contribution in [3.8, 4) is 5.75 Å². The van der Waals surface area contributed by atoms with Crippen LogP contribution in [0.1, 0.15) is 35.7 Å². The lowest BCUT2D eigenvalue weighted by Crippen LogP contribution is -2.33. The number of carbonyl (C=O) groups excluding carboxylic acids is 1. The number of fused-ring (bicyclic) bond motifs is 1. The summed E-state index contributed by atoms with van der Waals surface area (Å²) < 4.78 is 5.61. The van der Waals surface area contributed by atoms with E-state index in [4.69, 9.17) is 4.74 Å². The number of hydrogen-bond acceptors (Lipinski definition) is 3. The summed E-state index contributed by atoms with van der Waals surface area (Å²) in [6.07, 6.45) is 3.28. The summed E-state index contributed by atoms with van der Waals surface area (Å²) in [5.41, 5.74) is 4.35. The van der Waals surface area contributed by atoms with Crippen molar-refractivity contribution in [2.45, 2.75) is 26.2 Å². The number of amides is 1. The van der Waals surface area contributed by atoms with Gasteiger partial charge in [0, 0.05) is 30.9 Å². The summed E-state index contributed by atoms with van der Waals surface area (Å²) in [6, 6.07) is 15.9. The van der Waals surface area contributed by atoms with Crippen LogP contribution in [0.3, 0.4) is 0 Å². The SMILES string of the molecule is C=C(C)COc1cccc(C(=O)NCCCN2CCCc3ccccc32)c1. The molecule has 1 aliphatic rings. The Morgan fingerprint density at radius 1 is 1.22 bits per heavy atom. The van der Waals surface area contributed by atoms with E-state index in [1.165, 1.54) is 17.7 Å². The summed E-state index contributed by atoms with van der Waals surface area (Å²) in [6.45, 7) is 8.91. The van der Waals surface area contributed by atoms with Crippen molar-refractivity contribution in [2.24, 2.45) is 0 Å². The Kier molecular flexibility index (Phi) is 6.53. The van der Waals surface area contributed by atoms with Crippen LogP contribution in [0.5, 0.6) is 5.75 Å². The molecule has 3 rings (SSSR count). The van der Waals surface area contributed by atoms with Crippen LogP contribution in [-0.4, -0.2) is 32.1 Å².